The van der Waals surface area contributed by atoms with E-state index < -0.39 is 0 Å². The van der Waals surface area contributed by atoms with Crippen molar-refractivity contribution >= 4 is 56.6 Å². The maximum absolute atomic E-state index is 12.7. The molecule has 16 heteroatoms. The molecule has 8 aromatic rings. The van der Waals surface area contributed by atoms with Gasteiger partial charge in [0, 0.05) is 72.6 Å². The summed E-state index contributed by atoms with van der Waals surface area (Å²) in [7, 11) is 3.74. The average molecular weight is 847 g/mol. The van der Waals surface area contributed by atoms with E-state index in [0.29, 0.717) is 56.6 Å². The van der Waals surface area contributed by atoms with Crippen molar-refractivity contribution in [3.8, 4) is 34.7 Å². The molecular weight excluding hydrogens is 805 g/mol. The Morgan fingerprint density at radius 2 is 1.06 bits per heavy atom. The second-order valence-electron chi connectivity index (χ2n) is 16.4. The number of hydrogen-bond acceptors (Lipinski definition) is 12. The van der Waals surface area contributed by atoms with Crippen LogP contribution in [-0.4, -0.2) is 51.3 Å². The van der Waals surface area contributed by atoms with Crippen LogP contribution in [0.25, 0.3) is 44.1 Å². The van der Waals surface area contributed by atoms with Gasteiger partial charge in [0.25, 0.3) is 0 Å². The third-order valence-electron chi connectivity index (χ3n) is 11.8. The zero-order valence-corrected chi connectivity index (χ0v) is 35.4. The molecule has 0 aliphatic heterocycles. The molecule has 2 saturated carbocycles. The van der Waals surface area contributed by atoms with Crippen LogP contribution in [0.5, 0.6) is 0 Å². The van der Waals surface area contributed by atoms with Crippen LogP contribution in [0.1, 0.15) is 58.1 Å². The van der Waals surface area contributed by atoms with E-state index in [1.807, 2.05) is 77.0 Å². The fourth-order valence-electron chi connectivity index (χ4n) is 8.10. The molecular formula is C48H42N14O2. The van der Waals surface area contributed by atoms with Crippen molar-refractivity contribution < 1.29 is 9.59 Å². The first kappa shape index (κ1) is 40.9. The lowest BCUT2D eigenvalue weighted by Gasteiger charge is -2.11. The van der Waals surface area contributed by atoms with Gasteiger partial charge in [0.2, 0.25) is 11.8 Å². The average Bonchev–Trinajstić information content (AvgIpc) is 4.18. The van der Waals surface area contributed by atoms with E-state index in [-0.39, 0.29) is 35.5 Å². The van der Waals surface area contributed by atoms with Gasteiger partial charge in [-0.25, -0.2) is 19.9 Å². The quantitative estimate of drug-likeness (QED) is 0.120. The number of benzene rings is 2. The van der Waals surface area contributed by atoms with Gasteiger partial charge in [-0.2, -0.15) is 20.7 Å². The van der Waals surface area contributed by atoms with Gasteiger partial charge in [-0.05, 0) is 120 Å². The predicted octanol–water partition coefficient (Wildman–Crippen LogP) is 7.07. The smallest absolute Gasteiger partial charge is 0.229 e. The number of carbonyl (C=O) groups is 2. The lowest BCUT2D eigenvalue weighted by atomic mass is 10.0. The first-order chi connectivity index (χ1) is 30.8. The van der Waals surface area contributed by atoms with Crippen LogP contribution in [0.2, 0.25) is 0 Å². The fraction of sp³-hybridized carbons (Fsp3) is 0.208. The molecule has 0 saturated heterocycles. The maximum Gasteiger partial charge on any atom is 0.229 e. The number of nitrogens with zero attached hydrogens (tertiary/aromatic N) is 10. The predicted molar refractivity (Wildman–Crippen MR) is 243 cm³/mol. The number of hydrogen-bond donors (Lipinski definition) is 4. The van der Waals surface area contributed by atoms with Crippen molar-refractivity contribution in [1.29, 1.82) is 10.5 Å². The lowest BCUT2D eigenvalue weighted by Crippen LogP contribution is -2.15. The maximum atomic E-state index is 12.7. The summed E-state index contributed by atoms with van der Waals surface area (Å²) in [6, 6.07) is 22.7. The molecule has 6 heterocycles. The van der Waals surface area contributed by atoms with Gasteiger partial charge < -0.3 is 22.1 Å². The number of rotatable bonds is 8. The highest BCUT2D eigenvalue weighted by Gasteiger charge is 2.45. The monoisotopic (exact) mass is 846 g/mol. The van der Waals surface area contributed by atoms with Crippen LogP contribution in [0.3, 0.4) is 0 Å². The number of aromatic nitrogens is 8. The second kappa shape index (κ2) is 16.4. The van der Waals surface area contributed by atoms with Crippen molar-refractivity contribution in [3.05, 3.63) is 131 Å². The molecule has 16 nitrogen and oxygen atoms in total. The number of nitrogens with two attached hydrogens (primary N) is 2. The minimum absolute atomic E-state index is 0.0504. The molecule has 0 radical (unpaired) electrons. The Bertz CT molecular complexity index is 3050. The van der Waals surface area contributed by atoms with E-state index >= 15 is 0 Å². The number of amides is 2. The molecule has 64 heavy (non-hydrogen) atoms. The van der Waals surface area contributed by atoms with Crippen molar-refractivity contribution in [2.24, 2.45) is 25.9 Å². The number of nitriles is 2. The molecule has 1 unspecified atom stereocenters. The fourth-order valence-corrected chi connectivity index (χ4v) is 8.10. The molecule has 0 spiro atoms. The van der Waals surface area contributed by atoms with Crippen molar-refractivity contribution in [2.45, 2.75) is 38.5 Å². The van der Waals surface area contributed by atoms with Crippen LogP contribution >= 0.6 is 0 Å². The van der Waals surface area contributed by atoms with Gasteiger partial charge in [-0.1, -0.05) is 12.1 Å². The van der Waals surface area contributed by atoms with Crippen molar-refractivity contribution in [2.75, 3.05) is 22.1 Å². The Labute approximate surface area is 367 Å². The van der Waals surface area contributed by atoms with Gasteiger partial charge in [0.1, 0.15) is 23.3 Å². The Morgan fingerprint density at radius 3 is 1.44 bits per heavy atom. The highest BCUT2D eigenvalue weighted by Crippen LogP contribution is 2.49. The molecule has 2 aliphatic rings. The summed E-state index contributed by atoms with van der Waals surface area (Å²) in [6.07, 6.45) is 12.4. The second-order valence-corrected chi connectivity index (χ2v) is 16.4. The number of nitrogen functional groups attached to an aromatic ring is 2. The van der Waals surface area contributed by atoms with Crippen molar-refractivity contribution in [1.82, 2.24) is 39.5 Å². The summed E-state index contributed by atoms with van der Waals surface area (Å²) in [6.45, 7) is 3.93. The molecule has 0 bridgehead atoms. The highest BCUT2D eigenvalue weighted by atomic mass is 16.2. The molecule has 2 aromatic carbocycles. The van der Waals surface area contributed by atoms with Gasteiger partial charge in [-0.3, -0.25) is 19.0 Å². The summed E-state index contributed by atoms with van der Waals surface area (Å²) in [5.74, 6) is 1.79. The molecule has 316 valence electrons. The largest absolute Gasteiger partial charge is 0.383 e. The Hall–Kier alpha value is -8.50. The number of carbonyl (C=O) groups excluding carboxylic acids is 2. The number of nitrogens with one attached hydrogen (secondary N) is 2. The van der Waals surface area contributed by atoms with E-state index in [2.05, 4.69) is 52.9 Å². The Morgan fingerprint density at radius 1 is 0.641 bits per heavy atom. The zero-order chi connectivity index (χ0) is 44.8. The van der Waals surface area contributed by atoms with E-state index in [1.54, 1.807) is 58.2 Å². The Balaban J connectivity index is 0.000000162. The number of fused-ring (bicyclic) bond motifs is 2. The first-order valence-corrected chi connectivity index (χ1v) is 20.6. The van der Waals surface area contributed by atoms with Gasteiger partial charge in [-0.15, -0.1) is 0 Å². The van der Waals surface area contributed by atoms with Crippen molar-refractivity contribution in [3.63, 3.8) is 0 Å². The van der Waals surface area contributed by atoms with Gasteiger partial charge in [0.05, 0.1) is 47.0 Å². The lowest BCUT2D eigenvalue weighted by molar-refractivity contribution is -0.118. The van der Waals surface area contributed by atoms with Crippen LogP contribution < -0.4 is 22.1 Å². The summed E-state index contributed by atoms with van der Waals surface area (Å²) in [5, 5.41) is 35.8. The highest BCUT2D eigenvalue weighted by molar-refractivity contribution is 6.00. The molecule has 2 amide bonds. The number of aryl methyl sites for hydroxylation is 4. The van der Waals surface area contributed by atoms with Crippen LogP contribution in [0, 0.1) is 48.3 Å². The van der Waals surface area contributed by atoms with E-state index in [4.69, 9.17) is 11.5 Å². The number of anilines is 4. The normalized spacial score (nSPS) is 17.2. The molecule has 6 aromatic heterocycles. The Kier molecular flexibility index (Phi) is 10.5. The molecule has 4 atom stereocenters. The molecule has 10 rings (SSSR count). The first-order valence-electron chi connectivity index (χ1n) is 20.6. The third-order valence-corrected chi connectivity index (χ3v) is 11.8. The topological polar surface area (TPSA) is 245 Å². The standard InChI is InChI=1S/2C24H21N7O/c2*1-13-3-4-14(9-25)5-17(13)21-6-15-7-22(27-11-20(15)23(26)29-21)30-24(32)19-8-18(19)16-10-28-31(2)12-16/h2*3-7,10-12,18-19H,8H2,1-2H3,(H2,26,29)(H,27,30,32)/t18?,19-;18-,19+/m11/s1. The number of pyridine rings is 4. The summed E-state index contributed by atoms with van der Waals surface area (Å²) in [4.78, 5) is 43.2. The third kappa shape index (κ3) is 8.27. The molecule has 2 fully saturated rings. The summed E-state index contributed by atoms with van der Waals surface area (Å²) in [5.41, 5.74) is 20.7. The van der Waals surface area contributed by atoms with E-state index in [1.165, 1.54) is 0 Å². The summed E-state index contributed by atoms with van der Waals surface area (Å²) < 4.78 is 3.50. The van der Waals surface area contributed by atoms with Gasteiger partial charge >= 0.3 is 0 Å². The van der Waals surface area contributed by atoms with Crippen LogP contribution in [0.4, 0.5) is 23.3 Å². The van der Waals surface area contributed by atoms with Crippen LogP contribution in [-0.2, 0) is 23.7 Å². The minimum Gasteiger partial charge on any atom is -0.383 e. The van der Waals surface area contributed by atoms with E-state index in [0.717, 1.165) is 57.0 Å². The SMILES string of the molecule is Cc1ccc(C#N)cc1-c1cc2cc(NC(=O)[C@@H]3CC3c3cnn(C)c3)ncc2c(N)n1.Cc1ccc(C#N)cc1-c1cc2cc(NC(=O)[C@H]3C[C@@H]3c3cnn(C)c3)ncc2c(N)n1. The minimum atomic E-state index is -0.0776. The molecule has 6 N–H and O–H groups in total. The van der Waals surface area contributed by atoms with Crippen LogP contribution in [0.15, 0.2) is 97.8 Å². The van der Waals surface area contributed by atoms with Gasteiger partial charge in [0.15, 0.2) is 0 Å². The zero-order valence-electron chi connectivity index (χ0n) is 35.4. The van der Waals surface area contributed by atoms with E-state index in [9.17, 15) is 20.1 Å². The summed E-state index contributed by atoms with van der Waals surface area (Å²) >= 11 is 0. The molecule has 2 aliphatic carbocycles.